The van der Waals surface area contributed by atoms with Crippen LogP contribution in [0.2, 0.25) is 0 Å². The van der Waals surface area contributed by atoms with Crippen molar-refractivity contribution in [1.82, 2.24) is 5.32 Å². The van der Waals surface area contributed by atoms with Crippen LogP contribution < -0.4 is 5.32 Å². The summed E-state index contributed by atoms with van der Waals surface area (Å²) in [6.45, 7) is 3.83. The summed E-state index contributed by atoms with van der Waals surface area (Å²) in [5.74, 6) is -0.139. The lowest BCUT2D eigenvalue weighted by Gasteiger charge is -2.18. The van der Waals surface area contributed by atoms with E-state index in [0.717, 1.165) is 0 Å². The molecule has 0 aromatic heterocycles. The Morgan fingerprint density at radius 3 is 2.89 bits per heavy atom. The molecular formula is C6H9NO2. The first-order valence-electron chi connectivity index (χ1n) is 2.84. The Kier molecular flexibility index (Phi) is 1.53. The monoisotopic (exact) mass is 127 g/mol. The average molecular weight is 127 g/mol. The highest BCUT2D eigenvalue weighted by Crippen LogP contribution is 2.06. The summed E-state index contributed by atoms with van der Waals surface area (Å²) < 4.78 is 0. The van der Waals surface area contributed by atoms with Crippen molar-refractivity contribution in [2.24, 2.45) is 0 Å². The van der Waals surface area contributed by atoms with Crippen LogP contribution in [0.25, 0.3) is 0 Å². The highest BCUT2D eigenvalue weighted by atomic mass is 16.3. The van der Waals surface area contributed by atoms with E-state index in [1.54, 1.807) is 0 Å². The van der Waals surface area contributed by atoms with Crippen molar-refractivity contribution in [3.05, 3.63) is 12.2 Å². The van der Waals surface area contributed by atoms with Crippen molar-refractivity contribution >= 4 is 5.91 Å². The molecule has 3 heteroatoms. The van der Waals surface area contributed by atoms with Crippen LogP contribution in [-0.2, 0) is 4.79 Å². The quantitative estimate of drug-likeness (QED) is 0.428. The van der Waals surface area contributed by atoms with Crippen molar-refractivity contribution in [2.45, 2.75) is 12.5 Å². The molecule has 0 bridgehead atoms. The fraction of sp³-hybridized carbons (Fsp3) is 0.500. The first-order chi connectivity index (χ1) is 4.20. The van der Waals surface area contributed by atoms with Gasteiger partial charge in [0.2, 0.25) is 5.91 Å². The molecule has 3 nitrogen and oxygen atoms in total. The topological polar surface area (TPSA) is 49.3 Å². The molecule has 1 atom stereocenters. The molecule has 0 radical (unpaired) electrons. The van der Waals surface area contributed by atoms with E-state index in [1.807, 2.05) is 0 Å². The number of carbonyl (C=O) groups is 1. The maximum Gasteiger partial charge on any atom is 0.246 e. The Balaban J connectivity index is 2.54. The molecule has 1 aliphatic heterocycles. The van der Waals surface area contributed by atoms with Crippen LogP contribution in [0.1, 0.15) is 6.42 Å². The summed E-state index contributed by atoms with van der Waals surface area (Å²) in [6, 6.07) is 0. The lowest BCUT2D eigenvalue weighted by molar-refractivity contribution is -0.119. The van der Waals surface area contributed by atoms with Crippen LogP contribution in [0.4, 0.5) is 0 Å². The smallest absolute Gasteiger partial charge is 0.246 e. The molecular weight excluding hydrogens is 118 g/mol. The minimum absolute atomic E-state index is 0.139. The third-order valence-electron chi connectivity index (χ3n) is 1.30. The van der Waals surface area contributed by atoms with Crippen molar-refractivity contribution < 1.29 is 9.90 Å². The summed E-state index contributed by atoms with van der Waals surface area (Å²) in [4.78, 5) is 10.6. The van der Waals surface area contributed by atoms with E-state index in [-0.39, 0.29) is 5.91 Å². The van der Waals surface area contributed by atoms with E-state index in [1.165, 1.54) is 0 Å². The third-order valence-corrected chi connectivity index (χ3v) is 1.30. The zero-order chi connectivity index (χ0) is 6.85. The highest BCUT2D eigenvalue weighted by Gasteiger charge is 2.18. The van der Waals surface area contributed by atoms with E-state index >= 15 is 0 Å². The Morgan fingerprint density at radius 2 is 2.44 bits per heavy atom. The number of aliphatic hydroxyl groups excluding tert-OH is 1. The van der Waals surface area contributed by atoms with Crippen LogP contribution >= 0.6 is 0 Å². The fourth-order valence-corrected chi connectivity index (χ4v) is 0.785. The number of aliphatic hydroxyl groups is 1. The molecule has 1 amide bonds. The van der Waals surface area contributed by atoms with Gasteiger partial charge in [-0.2, -0.15) is 0 Å². The lowest BCUT2D eigenvalue weighted by Crippen LogP contribution is -2.39. The summed E-state index contributed by atoms with van der Waals surface area (Å²) in [6.07, 6.45) is -0.0264. The lowest BCUT2D eigenvalue weighted by atomic mass is 10.1. The maximum atomic E-state index is 10.6. The fourth-order valence-electron chi connectivity index (χ4n) is 0.785. The Morgan fingerprint density at radius 1 is 1.78 bits per heavy atom. The van der Waals surface area contributed by atoms with Crippen LogP contribution in [-0.4, -0.2) is 23.7 Å². The second-order valence-corrected chi connectivity index (χ2v) is 2.17. The van der Waals surface area contributed by atoms with Crippen molar-refractivity contribution in [2.75, 3.05) is 6.54 Å². The number of hydrogen-bond acceptors (Lipinski definition) is 2. The summed E-state index contributed by atoms with van der Waals surface area (Å²) in [5, 5.41) is 11.4. The molecule has 9 heavy (non-hydrogen) atoms. The van der Waals surface area contributed by atoms with Crippen LogP contribution in [0.5, 0.6) is 0 Å². The zero-order valence-corrected chi connectivity index (χ0v) is 5.05. The van der Waals surface area contributed by atoms with Gasteiger partial charge in [0.15, 0.2) is 0 Å². The predicted molar refractivity (Wildman–Crippen MR) is 32.8 cm³/mol. The summed E-state index contributed by atoms with van der Waals surface area (Å²) >= 11 is 0. The van der Waals surface area contributed by atoms with Gasteiger partial charge >= 0.3 is 0 Å². The second kappa shape index (κ2) is 2.19. The van der Waals surface area contributed by atoms with Gasteiger partial charge in [-0.15, -0.1) is 0 Å². The van der Waals surface area contributed by atoms with Gasteiger partial charge in [0.25, 0.3) is 0 Å². The number of piperidine rings is 1. The molecule has 1 aliphatic rings. The molecule has 0 spiro atoms. The van der Waals surface area contributed by atoms with Gasteiger partial charge in [0.1, 0.15) is 0 Å². The Hall–Kier alpha value is -0.830. The number of rotatable bonds is 0. The molecule has 1 saturated heterocycles. The molecule has 2 N–H and O–H groups in total. The van der Waals surface area contributed by atoms with Crippen molar-refractivity contribution in [3.63, 3.8) is 0 Å². The van der Waals surface area contributed by atoms with Crippen molar-refractivity contribution in [3.8, 4) is 0 Å². The Bertz CT molecular complexity index is 153. The normalized spacial score (nSPS) is 27.9. The molecule has 0 saturated carbocycles. The van der Waals surface area contributed by atoms with Crippen LogP contribution in [0.3, 0.4) is 0 Å². The number of β-amino-alcohol motifs (C(OH)–C–C–N with tert-alkyl or cyclic N) is 1. The maximum absolute atomic E-state index is 10.6. The molecule has 0 aromatic carbocycles. The molecule has 0 aliphatic carbocycles. The predicted octanol–water partition coefficient (Wildman–Crippen LogP) is -0.577. The largest absolute Gasteiger partial charge is 0.391 e. The Labute approximate surface area is 53.4 Å². The van der Waals surface area contributed by atoms with Gasteiger partial charge < -0.3 is 10.4 Å². The first kappa shape index (κ1) is 6.29. The zero-order valence-electron chi connectivity index (χ0n) is 5.05. The van der Waals surface area contributed by atoms with Crippen LogP contribution in [0, 0.1) is 0 Å². The number of carbonyl (C=O) groups excluding carboxylic acids is 1. The van der Waals surface area contributed by atoms with E-state index in [9.17, 15) is 4.79 Å². The minimum atomic E-state index is -0.435. The van der Waals surface area contributed by atoms with Gasteiger partial charge in [0, 0.05) is 18.5 Å². The van der Waals surface area contributed by atoms with Gasteiger partial charge in [-0.05, 0) is 0 Å². The number of hydrogen-bond donors (Lipinski definition) is 2. The second-order valence-electron chi connectivity index (χ2n) is 2.17. The highest BCUT2D eigenvalue weighted by molar-refractivity contribution is 5.93. The van der Waals surface area contributed by atoms with Crippen molar-refractivity contribution in [1.29, 1.82) is 0 Å². The number of amides is 1. The summed E-state index contributed by atoms with van der Waals surface area (Å²) in [7, 11) is 0. The standard InChI is InChI=1S/C6H9NO2/c1-4-2-5(8)3-7-6(4)9/h5,8H,1-3H2,(H,7,9). The molecule has 1 unspecified atom stereocenters. The van der Waals surface area contributed by atoms with E-state index < -0.39 is 6.10 Å². The van der Waals surface area contributed by atoms with E-state index in [0.29, 0.717) is 18.5 Å². The molecule has 0 aromatic rings. The van der Waals surface area contributed by atoms with Crippen LogP contribution in [0.15, 0.2) is 12.2 Å². The van der Waals surface area contributed by atoms with Gasteiger partial charge in [-0.1, -0.05) is 6.58 Å². The van der Waals surface area contributed by atoms with E-state index in [4.69, 9.17) is 5.11 Å². The van der Waals surface area contributed by atoms with Gasteiger partial charge in [-0.3, -0.25) is 4.79 Å². The SMILES string of the molecule is C=C1CC(O)CNC1=O. The molecule has 1 heterocycles. The number of nitrogens with one attached hydrogen (secondary N) is 1. The molecule has 50 valence electrons. The molecule has 1 fully saturated rings. The minimum Gasteiger partial charge on any atom is -0.391 e. The average Bonchev–Trinajstić information content (AvgIpc) is 1.80. The van der Waals surface area contributed by atoms with E-state index in [2.05, 4.69) is 11.9 Å². The first-order valence-corrected chi connectivity index (χ1v) is 2.84. The molecule has 1 rings (SSSR count). The van der Waals surface area contributed by atoms with Gasteiger partial charge in [-0.25, -0.2) is 0 Å². The third kappa shape index (κ3) is 1.29. The van der Waals surface area contributed by atoms with Gasteiger partial charge in [0.05, 0.1) is 6.10 Å². The summed E-state index contributed by atoms with van der Waals surface area (Å²) in [5.41, 5.74) is 0.466.